The standard InChI is InChI=1S/C21H21ClN4O3/c1-3-25(4-2)20(28)14-6-5-7-16(10-14)24-19(27)12-26-13-23-18-9-8-15(22)11-17(18)21(26)29/h5-11,13H,3-4,12H2,1-2H3,(H,24,27). The van der Waals surface area contributed by atoms with Crippen molar-refractivity contribution in [2.45, 2.75) is 20.4 Å². The van der Waals surface area contributed by atoms with Gasteiger partial charge in [0.1, 0.15) is 6.54 Å². The first-order valence-electron chi connectivity index (χ1n) is 9.26. The summed E-state index contributed by atoms with van der Waals surface area (Å²) in [6.45, 7) is 4.83. The lowest BCUT2D eigenvalue weighted by Gasteiger charge is -2.19. The largest absolute Gasteiger partial charge is 0.339 e. The molecule has 0 atom stereocenters. The number of fused-ring (bicyclic) bond motifs is 1. The van der Waals surface area contributed by atoms with E-state index in [0.29, 0.717) is 40.3 Å². The summed E-state index contributed by atoms with van der Waals surface area (Å²) in [5.74, 6) is -0.499. The first kappa shape index (κ1) is 20.5. The number of aromatic nitrogens is 2. The smallest absolute Gasteiger partial charge is 0.261 e. The Morgan fingerprint density at radius 3 is 2.62 bits per heavy atom. The van der Waals surface area contributed by atoms with Crippen LogP contribution in [0, 0.1) is 0 Å². The minimum atomic E-state index is -0.400. The number of benzene rings is 2. The molecule has 0 unspecified atom stereocenters. The van der Waals surface area contributed by atoms with Crippen molar-refractivity contribution in [2.24, 2.45) is 0 Å². The molecule has 0 aliphatic rings. The first-order valence-corrected chi connectivity index (χ1v) is 9.64. The van der Waals surface area contributed by atoms with Gasteiger partial charge in [-0.05, 0) is 50.2 Å². The Morgan fingerprint density at radius 2 is 1.90 bits per heavy atom. The molecule has 1 N–H and O–H groups in total. The zero-order valence-electron chi connectivity index (χ0n) is 16.2. The van der Waals surface area contributed by atoms with Crippen LogP contribution in [0.25, 0.3) is 10.9 Å². The van der Waals surface area contributed by atoms with Gasteiger partial charge in [-0.15, -0.1) is 0 Å². The van der Waals surface area contributed by atoms with Crippen LogP contribution in [0.3, 0.4) is 0 Å². The summed E-state index contributed by atoms with van der Waals surface area (Å²) in [5.41, 5.74) is 1.14. The van der Waals surface area contributed by atoms with E-state index in [1.54, 1.807) is 41.3 Å². The van der Waals surface area contributed by atoms with E-state index in [1.165, 1.54) is 17.0 Å². The van der Waals surface area contributed by atoms with Crippen LogP contribution in [0.2, 0.25) is 5.02 Å². The lowest BCUT2D eigenvalue weighted by atomic mass is 10.1. The van der Waals surface area contributed by atoms with Crippen molar-refractivity contribution >= 4 is 40.0 Å². The molecule has 2 amide bonds. The van der Waals surface area contributed by atoms with Gasteiger partial charge in [-0.3, -0.25) is 19.0 Å². The summed E-state index contributed by atoms with van der Waals surface area (Å²) >= 11 is 5.95. The predicted molar refractivity (Wildman–Crippen MR) is 113 cm³/mol. The number of nitrogens with zero attached hydrogens (tertiary/aromatic N) is 3. The molecule has 0 saturated carbocycles. The average Bonchev–Trinajstić information content (AvgIpc) is 2.71. The van der Waals surface area contributed by atoms with Gasteiger partial charge in [0.15, 0.2) is 0 Å². The van der Waals surface area contributed by atoms with Gasteiger partial charge in [0, 0.05) is 29.4 Å². The minimum Gasteiger partial charge on any atom is -0.339 e. The highest BCUT2D eigenvalue weighted by Crippen LogP contribution is 2.15. The van der Waals surface area contributed by atoms with E-state index in [4.69, 9.17) is 11.6 Å². The van der Waals surface area contributed by atoms with Gasteiger partial charge in [0.25, 0.3) is 11.5 Å². The second kappa shape index (κ2) is 8.87. The molecular weight excluding hydrogens is 392 g/mol. The molecule has 0 fully saturated rings. The van der Waals surface area contributed by atoms with Crippen LogP contribution in [0.5, 0.6) is 0 Å². The van der Waals surface area contributed by atoms with E-state index in [-0.39, 0.29) is 18.0 Å². The molecule has 0 spiro atoms. The molecule has 29 heavy (non-hydrogen) atoms. The molecule has 0 saturated heterocycles. The van der Waals surface area contributed by atoms with Gasteiger partial charge in [-0.1, -0.05) is 17.7 Å². The van der Waals surface area contributed by atoms with Crippen molar-refractivity contribution < 1.29 is 9.59 Å². The highest BCUT2D eigenvalue weighted by molar-refractivity contribution is 6.31. The maximum Gasteiger partial charge on any atom is 0.261 e. The number of anilines is 1. The lowest BCUT2D eigenvalue weighted by molar-refractivity contribution is -0.116. The first-order chi connectivity index (χ1) is 13.9. The van der Waals surface area contributed by atoms with Crippen molar-refractivity contribution in [1.29, 1.82) is 0 Å². The number of carbonyl (C=O) groups excluding carboxylic acids is 2. The van der Waals surface area contributed by atoms with Crippen molar-refractivity contribution in [2.75, 3.05) is 18.4 Å². The Bertz CT molecular complexity index is 1120. The molecule has 7 nitrogen and oxygen atoms in total. The maximum absolute atomic E-state index is 12.6. The molecular formula is C21H21ClN4O3. The van der Waals surface area contributed by atoms with Crippen molar-refractivity contribution in [3.8, 4) is 0 Å². The van der Waals surface area contributed by atoms with Crippen LogP contribution in [-0.2, 0) is 11.3 Å². The highest BCUT2D eigenvalue weighted by atomic mass is 35.5. The molecule has 8 heteroatoms. The Balaban J connectivity index is 1.77. The fraction of sp³-hybridized carbons (Fsp3) is 0.238. The number of amides is 2. The summed E-state index contributed by atoms with van der Waals surface area (Å²) in [6, 6.07) is 11.6. The quantitative estimate of drug-likeness (QED) is 0.674. The van der Waals surface area contributed by atoms with Crippen molar-refractivity contribution in [3.63, 3.8) is 0 Å². The van der Waals surface area contributed by atoms with Crippen LogP contribution >= 0.6 is 11.6 Å². The fourth-order valence-electron chi connectivity index (χ4n) is 3.02. The van der Waals surface area contributed by atoms with E-state index in [0.717, 1.165) is 0 Å². The molecule has 0 aliphatic carbocycles. The minimum absolute atomic E-state index is 0.0991. The highest BCUT2D eigenvalue weighted by Gasteiger charge is 2.14. The third kappa shape index (κ3) is 4.63. The average molecular weight is 413 g/mol. The maximum atomic E-state index is 12.6. The Hall–Kier alpha value is -3.19. The second-order valence-corrected chi connectivity index (χ2v) is 6.88. The summed E-state index contributed by atoms with van der Waals surface area (Å²) in [7, 11) is 0. The number of nitrogens with one attached hydrogen (secondary N) is 1. The van der Waals surface area contributed by atoms with Crippen LogP contribution in [-0.4, -0.2) is 39.4 Å². The van der Waals surface area contributed by atoms with Crippen LogP contribution < -0.4 is 10.9 Å². The van der Waals surface area contributed by atoms with Gasteiger partial charge in [0.2, 0.25) is 5.91 Å². The normalized spacial score (nSPS) is 10.7. The Morgan fingerprint density at radius 1 is 1.14 bits per heavy atom. The van der Waals surface area contributed by atoms with Crippen molar-refractivity contribution in [1.82, 2.24) is 14.5 Å². The number of halogens is 1. The molecule has 0 bridgehead atoms. The van der Waals surface area contributed by atoms with Gasteiger partial charge in [0.05, 0.1) is 17.2 Å². The van der Waals surface area contributed by atoms with Crippen molar-refractivity contribution in [3.05, 3.63) is 69.7 Å². The summed E-state index contributed by atoms with van der Waals surface area (Å²) < 4.78 is 1.22. The summed E-state index contributed by atoms with van der Waals surface area (Å²) in [4.78, 5) is 43.4. The summed E-state index contributed by atoms with van der Waals surface area (Å²) in [5, 5.41) is 3.50. The number of hydrogen-bond donors (Lipinski definition) is 1. The molecule has 0 radical (unpaired) electrons. The zero-order valence-corrected chi connectivity index (χ0v) is 16.9. The van der Waals surface area contributed by atoms with E-state index in [1.807, 2.05) is 13.8 Å². The molecule has 2 aromatic carbocycles. The summed E-state index contributed by atoms with van der Waals surface area (Å²) in [6.07, 6.45) is 1.33. The lowest BCUT2D eigenvalue weighted by Crippen LogP contribution is -2.30. The van der Waals surface area contributed by atoms with E-state index in [9.17, 15) is 14.4 Å². The van der Waals surface area contributed by atoms with Crippen LogP contribution in [0.15, 0.2) is 53.6 Å². The monoisotopic (exact) mass is 412 g/mol. The van der Waals surface area contributed by atoms with Crippen LogP contribution in [0.4, 0.5) is 5.69 Å². The molecule has 1 aromatic heterocycles. The molecule has 3 aromatic rings. The number of carbonyl (C=O) groups is 2. The van der Waals surface area contributed by atoms with E-state index < -0.39 is 5.91 Å². The topological polar surface area (TPSA) is 84.3 Å². The fourth-order valence-corrected chi connectivity index (χ4v) is 3.19. The van der Waals surface area contributed by atoms with Gasteiger partial charge >= 0.3 is 0 Å². The third-order valence-corrected chi connectivity index (χ3v) is 4.78. The molecule has 3 rings (SSSR count). The second-order valence-electron chi connectivity index (χ2n) is 6.45. The van der Waals surface area contributed by atoms with Gasteiger partial charge in [-0.25, -0.2) is 4.98 Å². The SMILES string of the molecule is CCN(CC)C(=O)c1cccc(NC(=O)Cn2cnc3ccc(Cl)cc3c2=O)c1. The molecule has 150 valence electrons. The number of hydrogen-bond acceptors (Lipinski definition) is 4. The molecule has 1 heterocycles. The Kier molecular flexibility index (Phi) is 6.29. The van der Waals surface area contributed by atoms with E-state index >= 15 is 0 Å². The Labute approximate surface area is 172 Å². The number of rotatable bonds is 6. The zero-order chi connectivity index (χ0) is 21.0. The molecule has 0 aliphatic heterocycles. The third-order valence-electron chi connectivity index (χ3n) is 4.54. The van der Waals surface area contributed by atoms with E-state index in [2.05, 4.69) is 10.3 Å². The van der Waals surface area contributed by atoms with Crippen LogP contribution in [0.1, 0.15) is 24.2 Å². The van der Waals surface area contributed by atoms with Gasteiger partial charge < -0.3 is 10.2 Å². The predicted octanol–water partition coefficient (Wildman–Crippen LogP) is 3.17. The van der Waals surface area contributed by atoms with Gasteiger partial charge in [-0.2, -0.15) is 0 Å².